The molecule has 0 spiro atoms. The largest absolute Gasteiger partial charge is 0.488 e. The standard InChI is InChI=1S/C23H14BrN3O3/c24-21-7-10-23(30-15-18-4-2-1-3-17(18)13-25)19(12-21)11-20(14-26)16-5-8-22(9-6-16)27(28)29/h1-12H,15H2/b20-11-. The van der Waals surface area contributed by atoms with Gasteiger partial charge in [0.2, 0.25) is 0 Å². The molecule has 146 valence electrons. The summed E-state index contributed by atoms with van der Waals surface area (Å²) in [5.41, 5.74) is 2.81. The summed E-state index contributed by atoms with van der Waals surface area (Å²) in [5.74, 6) is 0.542. The molecule has 6 nitrogen and oxygen atoms in total. The van der Waals surface area contributed by atoms with E-state index in [1.165, 1.54) is 24.3 Å². The Balaban J connectivity index is 1.93. The molecule has 0 heterocycles. The van der Waals surface area contributed by atoms with Crippen molar-refractivity contribution in [2.24, 2.45) is 0 Å². The zero-order valence-corrected chi connectivity index (χ0v) is 17.2. The number of rotatable bonds is 6. The van der Waals surface area contributed by atoms with E-state index in [2.05, 4.69) is 28.1 Å². The maximum Gasteiger partial charge on any atom is 0.269 e. The molecule has 0 saturated heterocycles. The van der Waals surface area contributed by atoms with E-state index in [-0.39, 0.29) is 12.3 Å². The minimum atomic E-state index is -0.487. The van der Waals surface area contributed by atoms with Crippen LogP contribution in [0.2, 0.25) is 0 Å². The monoisotopic (exact) mass is 459 g/mol. The van der Waals surface area contributed by atoms with Gasteiger partial charge >= 0.3 is 0 Å². The molecule has 0 saturated carbocycles. The Kier molecular flexibility index (Phi) is 6.59. The van der Waals surface area contributed by atoms with Crippen LogP contribution in [0, 0.1) is 32.8 Å². The quantitative estimate of drug-likeness (QED) is 0.198. The van der Waals surface area contributed by atoms with Crippen molar-refractivity contribution >= 4 is 33.3 Å². The molecule has 3 rings (SSSR count). The number of nitrogens with zero attached hydrogens (tertiary/aromatic N) is 3. The van der Waals surface area contributed by atoms with Crippen LogP contribution >= 0.6 is 15.9 Å². The van der Waals surface area contributed by atoms with E-state index in [9.17, 15) is 20.6 Å². The van der Waals surface area contributed by atoms with E-state index in [1.54, 1.807) is 24.3 Å². The van der Waals surface area contributed by atoms with Crippen molar-refractivity contribution < 1.29 is 9.66 Å². The van der Waals surface area contributed by atoms with Gasteiger partial charge < -0.3 is 4.74 Å². The zero-order valence-electron chi connectivity index (χ0n) is 15.6. The summed E-state index contributed by atoms with van der Waals surface area (Å²) in [6, 6.07) is 22.6. The van der Waals surface area contributed by atoms with Crippen molar-refractivity contribution in [2.75, 3.05) is 0 Å². The van der Waals surface area contributed by atoms with Crippen LogP contribution < -0.4 is 4.74 Å². The third-order valence-electron chi connectivity index (χ3n) is 4.30. The maximum absolute atomic E-state index is 10.8. The Bertz CT molecular complexity index is 1210. The normalized spacial score (nSPS) is 10.7. The fraction of sp³-hybridized carbons (Fsp3) is 0.0435. The summed E-state index contributed by atoms with van der Waals surface area (Å²) in [6.45, 7) is 0.200. The Hall–Kier alpha value is -3.94. The van der Waals surface area contributed by atoms with E-state index in [0.717, 1.165) is 10.0 Å². The van der Waals surface area contributed by atoms with Crippen LogP contribution in [-0.2, 0) is 6.61 Å². The lowest BCUT2D eigenvalue weighted by atomic mass is 10.0. The first-order valence-corrected chi connectivity index (χ1v) is 9.58. The molecule has 0 amide bonds. The highest BCUT2D eigenvalue weighted by molar-refractivity contribution is 9.10. The number of non-ortho nitro benzene ring substituents is 1. The van der Waals surface area contributed by atoms with E-state index < -0.39 is 4.92 Å². The molecule has 0 atom stereocenters. The molecule has 0 N–H and O–H groups in total. The molecule has 3 aromatic carbocycles. The molecule has 0 aliphatic heterocycles. The van der Waals surface area contributed by atoms with Gasteiger partial charge in [0, 0.05) is 27.7 Å². The summed E-state index contributed by atoms with van der Waals surface area (Å²) < 4.78 is 6.74. The molecule has 0 aliphatic rings. The van der Waals surface area contributed by atoms with Gasteiger partial charge in [-0.2, -0.15) is 10.5 Å². The molecular formula is C23H14BrN3O3. The molecule has 0 fully saturated rings. The lowest BCUT2D eigenvalue weighted by Crippen LogP contribution is -1.99. The first kappa shape index (κ1) is 20.8. The van der Waals surface area contributed by atoms with Crippen LogP contribution in [0.4, 0.5) is 5.69 Å². The molecular weight excluding hydrogens is 446 g/mol. The lowest BCUT2D eigenvalue weighted by Gasteiger charge is -2.11. The lowest BCUT2D eigenvalue weighted by molar-refractivity contribution is -0.384. The van der Waals surface area contributed by atoms with Crippen LogP contribution in [-0.4, -0.2) is 4.92 Å². The highest BCUT2D eigenvalue weighted by Crippen LogP contribution is 2.29. The van der Waals surface area contributed by atoms with Gasteiger partial charge in [-0.1, -0.05) is 34.1 Å². The van der Waals surface area contributed by atoms with Gasteiger partial charge in [0.15, 0.2) is 0 Å². The number of benzene rings is 3. The van der Waals surface area contributed by atoms with Gasteiger partial charge in [-0.25, -0.2) is 0 Å². The van der Waals surface area contributed by atoms with Gasteiger partial charge in [-0.3, -0.25) is 10.1 Å². The second-order valence-corrected chi connectivity index (χ2v) is 7.13. The van der Waals surface area contributed by atoms with E-state index in [0.29, 0.717) is 28.0 Å². The highest BCUT2D eigenvalue weighted by atomic mass is 79.9. The molecule has 30 heavy (non-hydrogen) atoms. The topological polar surface area (TPSA) is 99.9 Å². The van der Waals surface area contributed by atoms with Gasteiger partial charge in [-0.15, -0.1) is 0 Å². The molecule has 3 aromatic rings. The average Bonchev–Trinajstić information content (AvgIpc) is 2.77. The molecule has 7 heteroatoms. The average molecular weight is 460 g/mol. The number of nitro groups is 1. The van der Waals surface area contributed by atoms with Gasteiger partial charge in [0.1, 0.15) is 12.4 Å². The second-order valence-electron chi connectivity index (χ2n) is 6.21. The SMILES string of the molecule is N#C/C(=C/c1cc(Br)ccc1OCc1ccccc1C#N)c1ccc([N+](=O)[O-])cc1. The Morgan fingerprint density at radius 2 is 1.83 bits per heavy atom. The van der Waals surface area contributed by atoms with Crippen molar-refractivity contribution in [3.05, 3.63) is 104 Å². The van der Waals surface area contributed by atoms with E-state index >= 15 is 0 Å². The third kappa shape index (κ3) is 4.91. The van der Waals surface area contributed by atoms with E-state index in [4.69, 9.17) is 4.74 Å². The first-order valence-electron chi connectivity index (χ1n) is 8.79. The number of halogens is 1. The number of nitro benzene ring substituents is 1. The molecule has 0 aromatic heterocycles. The molecule has 0 radical (unpaired) electrons. The number of nitriles is 2. The summed E-state index contributed by atoms with van der Waals surface area (Å²) in [4.78, 5) is 10.4. The fourth-order valence-electron chi connectivity index (χ4n) is 2.77. The minimum absolute atomic E-state index is 0.0429. The fourth-order valence-corrected chi connectivity index (χ4v) is 3.15. The smallest absolute Gasteiger partial charge is 0.269 e. The minimum Gasteiger partial charge on any atom is -0.488 e. The molecule has 0 bridgehead atoms. The summed E-state index contributed by atoms with van der Waals surface area (Å²) in [6.07, 6.45) is 1.66. The summed E-state index contributed by atoms with van der Waals surface area (Å²) in [7, 11) is 0. The Morgan fingerprint density at radius 1 is 1.10 bits per heavy atom. The van der Waals surface area contributed by atoms with Crippen molar-refractivity contribution in [3.63, 3.8) is 0 Å². The van der Waals surface area contributed by atoms with Gasteiger partial charge in [0.25, 0.3) is 5.69 Å². The van der Waals surface area contributed by atoms with Gasteiger partial charge in [-0.05, 0) is 48.0 Å². The van der Waals surface area contributed by atoms with Crippen molar-refractivity contribution in [3.8, 4) is 17.9 Å². The predicted octanol–water partition coefficient (Wildman–Crippen LogP) is 5.87. The van der Waals surface area contributed by atoms with Crippen LogP contribution in [0.3, 0.4) is 0 Å². The number of hydrogen-bond acceptors (Lipinski definition) is 5. The summed E-state index contributed by atoms with van der Waals surface area (Å²) >= 11 is 3.42. The highest BCUT2D eigenvalue weighted by Gasteiger charge is 2.10. The molecule has 0 aliphatic carbocycles. The van der Waals surface area contributed by atoms with Crippen LogP contribution in [0.1, 0.15) is 22.3 Å². The van der Waals surface area contributed by atoms with Crippen LogP contribution in [0.5, 0.6) is 5.75 Å². The summed E-state index contributed by atoms with van der Waals surface area (Å²) in [5, 5.41) is 29.7. The zero-order chi connectivity index (χ0) is 21.5. The Morgan fingerprint density at radius 3 is 2.50 bits per heavy atom. The number of ether oxygens (including phenoxy) is 1. The van der Waals surface area contributed by atoms with Crippen molar-refractivity contribution in [1.29, 1.82) is 10.5 Å². The van der Waals surface area contributed by atoms with Crippen LogP contribution in [0.15, 0.2) is 71.2 Å². The number of hydrogen-bond donors (Lipinski definition) is 0. The van der Waals surface area contributed by atoms with Crippen LogP contribution in [0.25, 0.3) is 11.6 Å². The van der Waals surface area contributed by atoms with Crippen molar-refractivity contribution in [2.45, 2.75) is 6.61 Å². The predicted molar refractivity (Wildman–Crippen MR) is 116 cm³/mol. The molecule has 0 unspecified atom stereocenters. The van der Waals surface area contributed by atoms with Gasteiger partial charge in [0.05, 0.1) is 28.2 Å². The second kappa shape index (κ2) is 9.51. The van der Waals surface area contributed by atoms with Crippen molar-refractivity contribution in [1.82, 2.24) is 0 Å². The Labute approximate surface area is 181 Å². The third-order valence-corrected chi connectivity index (χ3v) is 4.80. The first-order chi connectivity index (χ1) is 14.5. The maximum atomic E-state index is 10.8. The van der Waals surface area contributed by atoms with E-state index in [1.807, 2.05) is 24.3 Å². The number of allylic oxidation sites excluding steroid dienone is 1.